The second-order valence-corrected chi connectivity index (χ2v) is 5.44. The number of nitrogens with two attached hydrogens (primary N) is 1. The van der Waals surface area contributed by atoms with E-state index in [4.69, 9.17) is 10.6 Å². The molecule has 0 fully saturated rings. The molecule has 0 radical (unpaired) electrons. The number of esters is 1. The lowest BCUT2D eigenvalue weighted by atomic mass is 9.95. The van der Waals surface area contributed by atoms with Crippen molar-refractivity contribution in [2.45, 2.75) is 19.9 Å². The second kappa shape index (κ2) is 6.28. The summed E-state index contributed by atoms with van der Waals surface area (Å²) in [5.74, 6) is 5.17. The number of halogens is 1. The predicted octanol–water partition coefficient (Wildman–Crippen LogP) is 2.23. The van der Waals surface area contributed by atoms with Crippen molar-refractivity contribution in [3.05, 3.63) is 45.6 Å². The summed E-state index contributed by atoms with van der Waals surface area (Å²) in [5, 5.41) is 3.63. The monoisotopic (exact) mass is 353 g/mol. The highest BCUT2D eigenvalue weighted by Crippen LogP contribution is 2.30. The molecular formula is C14H16BrN3O3. The Balaban J connectivity index is 2.48. The standard InChI is InChI=1S/C14H16BrN3O3/c1-3-21-13(19)11-8(2)18(16)14(20)17-12(11)9-4-6-10(15)7-5-9/h4-7,12H,3,16H2,1-2H3,(H,17,20)/t12-/m1/s1. The Hall–Kier alpha value is -1.86. The van der Waals surface area contributed by atoms with Crippen molar-refractivity contribution in [1.29, 1.82) is 0 Å². The largest absolute Gasteiger partial charge is 0.463 e. The normalized spacial score (nSPS) is 18.6. The molecule has 0 aromatic heterocycles. The number of ether oxygens (including phenoxy) is 1. The Morgan fingerprint density at radius 1 is 1.43 bits per heavy atom. The number of amides is 2. The van der Waals surface area contributed by atoms with Crippen molar-refractivity contribution < 1.29 is 14.3 Å². The van der Waals surface area contributed by atoms with E-state index >= 15 is 0 Å². The molecule has 0 aliphatic carbocycles. The Bertz CT molecular complexity index is 598. The molecule has 0 saturated heterocycles. The van der Waals surface area contributed by atoms with E-state index in [9.17, 15) is 9.59 Å². The molecule has 0 bridgehead atoms. The maximum absolute atomic E-state index is 12.2. The third kappa shape index (κ3) is 3.08. The van der Waals surface area contributed by atoms with Gasteiger partial charge in [0.05, 0.1) is 18.2 Å². The van der Waals surface area contributed by atoms with Crippen LogP contribution in [0.3, 0.4) is 0 Å². The van der Waals surface area contributed by atoms with Gasteiger partial charge in [-0.3, -0.25) is 0 Å². The van der Waals surface area contributed by atoms with E-state index in [1.807, 2.05) is 24.3 Å². The molecule has 1 aliphatic heterocycles. The molecule has 1 aliphatic rings. The molecule has 0 spiro atoms. The van der Waals surface area contributed by atoms with Crippen LogP contribution >= 0.6 is 15.9 Å². The van der Waals surface area contributed by atoms with Gasteiger partial charge in [-0.25, -0.2) is 20.4 Å². The summed E-state index contributed by atoms with van der Waals surface area (Å²) in [4.78, 5) is 24.1. The quantitative estimate of drug-likeness (QED) is 0.495. The van der Waals surface area contributed by atoms with Crippen molar-refractivity contribution in [2.24, 2.45) is 5.84 Å². The highest BCUT2D eigenvalue weighted by molar-refractivity contribution is 9.10. The number of nitrogens with one attached hydrogen (secondary N) is 1. The first-order valence-electron chi connectivity index (χ1n) is 6.44. The summed E-state index contributed by atoms with van der Waals surface area (Å²) in [7, 11) is 0. The molecule has 2 amide bonds. The van der Waals surface area contributed by atoms with Crippen LogP contribution in [0.5, 0.6) is 0 Å². The maximum Gasteiger partial charge on any atom is 0.338 e. The zero-order valence-electron chi connectivity index (χ0n) is 11.7. The van der Waals surface area contributed by atoms with Crippen LogP contribution in [-0.4, -0.2) is 23.6 Å². The van der Waals surface area contributed by atoms with E-state index in [1.54, 1.807) is 13.8 Å². The van der Waals surface area contributed by atoms with Crippen molar-refractivity contribution >= 4 is 27.9 Å². The zero-order valence-corrected chi connectivity index (χ0v) is 13.3. The minimum Gasteiger partial charge on any atom is -0.463 e. The van der Waals surface area contributed by atoms with Crippen LogP contribution in [0.15, 0.2) is 40.0 Å². The molecular weight excluding hydrogens is 338 g/mol. The third-order valence-corrected chi connectivity index (χ3v) is 3.75. The third-order valence-electron chi connectivity index (χ3n) is 3.23. The van der Waals surface area contributed by atoms with Crippen LogP contribution in [0.2, 0.25) is 0 Å². The average molecular weight is 354 g/mol. The Kier molecular flexibility index (Phi) is 4.64. The van der Waals surface area contributed by atoms with Gasteiger partial charge in [-0.2, -0.15) is 0 Å². The molecule has 3 N–H and O–H groups in total. The first-order valence-corrected chi connectivity index (χ1v) is 7.23. The lowest BCUT2D eigenvalue weighted by molar-refractivity contribution is -0.139. The molecule has 112 valence electrons. The van der Waals surface area contributed by atoms with Gasteiger partial charge >= 0.3 is 12.0 Å². The van der Waals surface area contributed by atoms with Crippen LogP contribution < -0.4 is 11.2 Å². The summed E-state index contributed by atoms with van der Waals surface area (Å²) >= 11 is 3.35. The number of hydrogen-bond donors (Lipinski definition) is 2. The Morgan fingerprint density at radius 3 is 2.62 bits per heavy atom. The van der Waals surface area contributed by atoms with E-state index in [-0.39, 0.29) is 6.61 Å². The zero-order chi connectivity index (χ0) is 15.6. The van der Waals surface area contributed by atoms with E-state index in [0.717, 1.165) is 15.0 Å². The summed E-state index contributed by atoms with van der Waals surface area (Å²) in [6, 6.07) is 6.29. The van der Waals surface area contributed by atoms with Crippen molar-refractivity contribution in [3.8, 4) is 0 Å². The number of carbonyl (C=O) groups excluding carboxylic acids is 2. The van der Waals surface area contributed by atoms with Gasteiger partial charge < -0.3 is 10.1 Å². The van der Waals surface area contributed by atoms with Gasteiger partial charge in [0.2, 0.25) is 0 Å². The highest BCUT2D eigenvalue weighted by Gasteiger charge is 2.35. The number of hydrazine groups is 1. The van der Waals surface area contributed by atoms with Crippen LogP contribution in [0.1, 0.15) is 25.5 Å². The van der Waals surface area contributed by atoms with E-state index < -0.39 is 18.0 Å². The SMILES string of the molecule is CCOC(=O)C1=C(C)N(N)C(=O)N[C@@H]1c1ccc(Br)cc1. The second-order valence-electron chi connectivity index (χ2n) is 4.52. The van der Waals surface area contributed by atoms with Gasteiger partial charge in [-0.05, 0) is 31.5 Å². The molecule has 6 nitrogen and oxygen atoms in total. The van der Waals surface area contributed by atoms with E-state index in [1.165, 1.54) is 0 Å². The molecule has 1 atom stereocenters. The van der Waals surface area contributed by atoms with Gasteiger partial charge in [-0.15, -0.1) is 0 Å². The topological polar surface area (TPSA) is 84.7 Å². The van der Waals surface area contributed by atoms with Crippen LogP contribution in [0.25, 0.3) is 0 Å². The molecule has 0 saturated carbocycles. The number of nitrogens with zero attached hydrogens (tertiary/aromatic N) is 1. The molecule has 1 aromatic rings. The van der Waals surface area contributed by atoms with Crippen LogP contribution in [0.4, 0.5) is 4.79 Å². The molecule has 1 heterocycles. The number of benzene rings is 1. The maximum atomic E-state index is 12.2. The summed E-state index contributed by atoms with van der Waals surface area (Å²) in [6.45, 7) is 3.60. The van der Waals surface area contributed by atoms with Crippen molar-refractivity contribution in [2.75, 3.05) is 6.61 Å². The van der Waals surface area contributed by atoms with Crippen molar-refractivity contribution in [1.82, 2.24) is 10.3 Å². The molecule has 1 aromatic carbocycles. The number of hydrogen-bond acceptors (Lipinski definition) is 4. The average Bonchev–Trinajstić information content (AvgIpc) is 2.45. The molecule has 7 heteroatoms. The van der Waals surface area contributed by atoms with Gasteiger partial charge in [0.1, 0.15) is 0 Å². The summed E-state index contributed by atoms with van der Waals surface area (Å²) in [5.41, 5.74) is 1.49. The van der Waals surface area contributed by atoms with E-state index in [2.05, 4.69) is 21.2 Å². The first kappa shape index (κ1) is 15.5. The van der Waals surface area contributed by atoms with Gasteiger partial charge in [-0.1, -0.05) is 28.1 Å². The van der Waals surface area contributed by atoms with Crippen molar-refractivity contribution in [3.63, 3.8) is 0 Å². The van der Waals surface area contributed by atoms with Crippen LogP contribution in [0, 0.1) is 0 Å². The predicted molar refractivity (Wildman–Crippen MR) is 80.8 cm³/mol. The number of rotatable bonds is 3. The Labute approximate surface area is 131 Å². The van der Waals surface area contributed by atoms with E-state index in [0.29, 0.717) is 11.3 Å². The number of allylic oxidation sites excluding steroid dienone is 1. The van der Waals surface area contributed by atoms with Gasteiger partial charge in [0.15, 0.2) is 0 Å². The van der Waals surface area contributed by atoms with Gasteiger partial charge in [0.25, 0.3) is 0 Å². The van der Waals surface area contributed by atoms with Crippen LogP contribution in [-0.2, 0) is 9.53 Å². The fourth-order valence-electron chi connectivity index (χ4n) is 2.14. The molecule has 21 heavy (non-hydrogen) atoms. The number of urea groups is 1. The summed E-state index contributed by atoms with van der Waals surface area (Å²) < 4.78 is 5.98. The molecule has 0 unspecified atom stereocenters. The fraction of sp³-hybridized carbons (Fsp3) is 0.286. The number of carbonyl (C=O) groups is 2. The lowest BCUT2D eigenvalue weighted by Crippen LogP contribution is -2.51. The molecule has 2 rings (SSSR count). The minimum atomic E-state index is -0.579. The lowest BCUT2D eigenvalue weighted by Gasteiger charge is -2.32. The first-order chi connectivity index (χ1) is 9.95. The fourth-order valence-corrected chi connectivity index (χ4v) is 2.40. The summed E-state index contributed by atoms with van der Waals surface area (Å²) in [6.07, 6.45) is 0. The minimum absolute atomic E-state index is 0.251. The van der Waals surface area contributed by atoms with Gasteiger partial charge in [0, 0.05) is 10.2 Å². The Morgan fingerprint density at radius 2 is 2.05 bits per heavy atom. The highest BCUT2D eigenvalue weighted by atomic mass is 79.9. The smallest absolute Gasteiger partial charge is 0.338 e.